The number of nitrogens with one attached hydrogen (secondary N) is 2. The molecule has 0 heterocycles. The molecule has 26 heavy (non-hydrogen) atoms. The average Bonchev–Trinajstić information content (AvgIpc) is 3.08. The maximum Gasteiger partial charge on any atom is 0.191 e. The fourth-order valence-corrected chi connectivity index (χ4v) is 4.33. The summed E-state index contributed by atoms with van der Waals surface area (Å²) in [6, 6.07) is 8.76. The molecule has 2 aliphatic rings. The third kappa shape index (κ3) is 5.35. The van der Waals surface area contributed by atoms with Crippen molar-refractivity contribution in [2.24, 2.45) is 10.4 Å². The summed E-state index contributed by atoms with van der Waals surface area (Å²) < 4.78 is 5.61. The zero-order chi connectivity index (χ0) is 17.5. The Balaban J connectivity index is 0.00000243. The number of ether oxygens (including phenoxy) is 1. The Hall–Kier alpha value is -0.820. The van der Waals surface area contributed by atoms with Gasteiger partial charge >= 0.3 is 0 Å². The number of hydrogen-bond acceptors (Lipinski definition) is 2. The first-order valence-corrected chi connectivity index (χ1v) is 9.86. The fourth-order valence-electron chi connectivity index (χ4n) is 4.33. The van der Waals surface area contributed by atoms with E-state index in [-0.39, 0.29) is 24.0 Å². The van der Waals surface area contributed by atoms with Gasteiger partial charge < -0.3 is 15.4 Å². The Morgan fingerprint density at radius 1 is 1.23 bits per heavy atom. The van der Waals surface area contributed by atoms with Gasteiger partial charge in [-0.2, -0.15) is 0 Å². The summed E-state index contributed by atoms with van der Waals surface area (Å²) in [5.74, 6) is 1.56. The van der Waals surface area contributed by atoms with Crippen molar-refractivity contribution in [2.45, 2.75) is 51.4 Å². The molecule has 1 atom stereocenters. The molecule has 0 aromatic heterocycles. The van der Waals surface area contributed by atoms with Gasteiger partial charge in [-0.1, -0.05) is 37.1 Å². The van der Waals surface area contributed by atoms with Crippen molar-refractivity contribution >= 4 is 29.9 Å². The Labute approximate surface area is 175 Å². The van der Waals surface area contributed by atoms with Crippen LogP contribution in [0.2, 0.25) is 0 Å². The second-order valence-electron chi connectivity index (χ2n) is 7.56. The maximum atomic E-state index is 5.61. The van der Waals surface area contributed by atoms with E-state index >= 15 is 0 Å². The van der Waals surface area contributed by atoms with E-state index in [1.807, 2.05) is 7.05 Å². The highest BCUT2D eigenvalue weighted by atomic mass is 127. The highest BCUT2D eigenvalue weighted by molar-refractivity contribution is 14.0. The second-order valence-corrected chi connectivity index (χ2v) is 7.56. The molecule has 1 aromatic rings. The van der Waals surface area contributed by atoms with Crippen LogP contribution in [-0.2, 0) is 11.2 Å². The van der Waals surface area contributed by atoms with Gasteiger partial charge in [0.05, 0.1) is 0 Å². The predicted octanol–water partition coefficient (Wildman–Crippen LogP) is 4.10. The molecule has 0 bridgehead atoms. The van der Waals surface area contributed by atoms with E-state index in [9.17, 15) is 0 Å². The summed E-state index contributed by atoms with van der Waals surface area (Å²) in [5.41, 5.74) is 3.38. The van der Waals surface area contributed by atoms with Crippen LogP contribution in [0.1, 0.15) is 56.1 Å². The summed E-state index contributed by atoms with van der Waals surface area (Å²) >= 11 is 0. The quantitative estimate of drug-likeness (QED) is 0.260. The van der Waals surface area contributed by atoms with Crippen molar-refractivity contribution in [3.63, 3.8) is 0 Å². The topological polar surface area (TPSA) is 45.6 Å². The van der Waals surface area contributed by atoms with E-state index in [4.69, 9.17) is 4.74 Å². The van der Waals surface area contributed by atoms with Crippen molar-refractivity contribution in [3.05, 3.63) is 35.4 Å². The largest absolute Gasteiger partial charge is 0.382 e. The zero-order valence-corrected chi connectivity index (χ0v) is 18.6. The van der Waals surface area contributed by atoms with E-state index in [1.54, 1.807) is 0 Å². The van der Waals surface area contributed by atoms with Crippen LogP contribution in [0.3, 0.4) is 0 Å². The highest BCUT2D eigenvalue weighted by Gasteiger charge is 2.33. The summed E-state index contributed by atoms with van der Waals surface area (Å²) in [7, 11) is 1.87. The first-order chi connectivity index (χ1) is 12.3. The molecule has 0 aliphatic heterocycles. The molecule has 2 N–H and O–H groups in total. The number of hydrogen-bond donors (Lipinski definition) is 2. The van der Waals surface area contributed by atoms with Crippen molar-refractivity contribution in [2.75, 3.05) is 33.4 Å². The number of nitrogens with zero attached hydrogens (tertiary/aromatic N) is 1. The number of benzene rings is 1. The molecule has 1 aromatic carbocycles. The Bertz CT molecular complexity index is 584. The molecular weight excluding hydrogens is 437 g/mol. The van der Waals surface area contributed by atoms with E-state index < -0.39 is 0 Å². The van der Waals surface area contributed by atoms with E-state index in [0.29, 0.717) is 11.3 Å². The summed E-state index contributed by atoms with van der Waals surface area (Å²) in [6.45, 7) is 5.73. The van der Waals surface area contributed by atoms with Gasteiger partial charge in [0.2, 0.25) is 0 Å². The van der Waals surface area contributed by atoms with Crippen LogP contribution in [0.4, 0.5) is 0 Å². The SMILES string of the molecule is CCOCCC1(CNC(=NC)NCC2Cc3ccccc32)CCCC1.I. The van der Waals surface area contributed by atoms with Crippen LogP contribution in [0.25, 0.3) is 0 Å². The molecule has 5 heteroatoms. The van der Waals surface area contributed by atoms with Gasteiger partial charge in [-0.3, -0.25) is 4.99 Å². The first-order valence-electron chi connectivity index (χ1n) is 9.86. The predicted molar refractivity (Wildman–Crippen MR) is 120 cm³/mol. The molecule has 0 amide bonds. The van der Waals surface area contributed by atoms with E-state index in [1.165, 1.54) is 43.2 Å². The van der Waals surface area contributed by atoms with Crippen LogP contribution in [-0.4, -0.2) is 39.3 Å². The molecule has 0 saturated heterocycles. The van der Waals surface area contributed by atoms with Gasteiger partial charge in [-0.05, 0) is 49.1 Å². The summed E-state index contributed by atoms with van der Waals surface area (Å²) in [6.07, 6.45) is 7.64. The number of rotatable bonds is 8. The van der Waals surface area contributed by atoms with Crippen LogP contribution in [0.5, 0.6) is 0 Å². The Morgan fingerprint density at radius 2 is 2.00 bits per heavy atom. The molecule has 0 spiro atoms. The van der Waals surface area contributed by atoms with Gasteiger partial charge in [-0.25, -0.2) is 0 Å². The van der Waals surface area contributed by atoms with Crippen molar-refractivity contribution in [1.29, 1.82) is 0 Å². The van der Waals surface area contributed by atoms with Gasteiger partial charge in [0, 0.05) is 39.3 Å². The lowest BCUT2D eigenvalue weighted by atomic mass is 9.78. The minimum Gasteiger partial charge on any atom is -0.382 e. The van der Waals surface area contributed by atoms with Gasteiger partial charge in [-0.15, -0.1) is 24.0 Å². The smallest absolute Gasteiger partial charge is 0.191 e. The Morgan fingerprint density at radius 3 is 2.69 bits per heavy atom. The van der Waals surface area contributed by atoms with Gasteiger partial charge in [0.25, 0.3) is 0 Å². The lowest BCUT2D eigenvalue weighted by Crippen LogP contribution is -2.45. The lowest BCUT2D eigenvalue weighted by Gasteiger charge is -2.32. The first kappa shape index (κ1) is 21.5. The molecule has 0 radical (unpaired) electrons. The van der Waals surface area contributed by atoms with E-state index in [0.717, 1.165) is 38.7 Å². The monoisotopic (exact) mass is 471 g/mol. The molecule has 4 nitrogen and oxygen atoms in total. The molecule has 2 aliphatic carbocycles. The third-order valence-corrected chi connectivity index (χ3v) is 5.98. The summed E-state index contributed by atoms with van der Waals surface area (Å²) in [4.78, 5) is 4.43. The minimum absolute atomic E-state index is 0. The molecule has 146 valence electrons. The second kappa shape index (κ2) is 10.5. The van der Waals surface area contributed by atoms with Crippen LogP contribution in [0, 0.1) is 5.41 Å². The third-order valence-electron chi connectivity index (χ3n) is 5.98. The summed E-state index contributed by atoms with van der Waals surface area (Å²) in [5, 5.41) is 7.12. The van der Waals surface area contributed by atoms with Crippen molar-refractivity contribution in [3.8, 4) is 0 Å². The maximum absolute atomic E-state index is 5.61. The normalized spacial score (nSPS) is 20.7. The van der Waals surface area contributed by atoms with Crippen LogP contribution < -0.4 is 10.6 Å². The number of fused-ring (bicyclic) bond motifs is 1. The standard InChI is InChI=1S/C21H33N3O.HI/c1-3-25-13-12-21(10-6-7-11-21)16-24-20(22-2)23-15-18-14-17-8-4-5-9-19(17)18;/h4-5,8-9,18H,3,6-7,10-16H2,1-2H3,(H2,22,23,24);1H. The fraction of sp³-hybridized carbons (Fsp3) is 0.667. The zero-order valence-electron chi connectivity index (χ0n) is 16.2. The molecule has 1 unspecified atom stereocenters. The molecule has 1 saturated carbocycles. The van der Waals surface area contributed by atoms with Crippen molar-refractivity contribution in [1.82, 2.24) is 10.6 Å². The van der Waals surface area contributed by atoms with Gasteiger partial charge in [0.1, 0.15) is 0 Å². The minimum atomic E-state index is 0. The number of halogens is 1. The Kier molecular flexibility index (Phi) is 8.67. The molecular formula is C21H34IN3O. The average molecular weight is 471 g/mol. The lowest BCUT2D eigenvalue weighted by molar-refractivity contribution is 0.105. The highest BCUT2D eigenvalue weighted by Crippen LogP contribution is 2.40. The van der Waals surface area contributed by atoms with Crippen molar-refractivity contribution < 1.29 is 4.74 Å². The van der Waals surface area contributed by atoms with E-state index in [2.05, 4.69) is 46.8 Å². The number of aliphatic imine (C=N–C) groups is 1. The van der Waals surface area contributed by atoms with Crippen LogP contribution in [0.15, 0.2) is 29.3 Å². The van der Waals surface area contributed by atoms with Gasteiger partial charge in [0.15, 0.2) is 5.96 Å². The number of guanidine groups is 1. The van der Waals surface area contributed by atoms with Crippen LogP contribution >= 0.6 is 24.0 Å². The molecule has 3 rings (SSSR count). The molecule has 1 fully saturated rings.